The summed E-state index contributed by atoms with van der Waals surface area (Å²) < 4.78 is 0. The fourth-order valence-electron chi connectivity index (χ4n) is 2.05. The number of rotatable bonds is 7. The SMILES string of the molecule is C=CC/C=C\C(Nc1nccc(N(C)c2ccccc2)n1)=C(/C)N. The van der Waals surface area contributed by atoms with Crippen molar-refractivity contribution >= 4 is 17.5 Å². The third-order valence-corrected chi connectivity index (χ3v) is 3.39. The van der Waals surface area contributed by atoms with Gasteiger partial charge in [0.15, 0.2) is 0 Å². The van der Waals surface area contributed by atoms with Crippen LogP contribution in [-0.2, 0) is 0 Å². The maximum atomic E-state index is 5.93. The molecule has 2 aromatic rings. The van der Waals surface area contributed by atoms with Crippen molar-refractivity contribution in [1.29, 1.82) is 0 Å². The zero-order chi connectivity index (χ0) is 17.4. The Labute approximate surface area is 143 Å². The van der Waals surface area contributed by atoms with Gasteiger partial charge in [-0.1, -0.05) is 30.4 Å². The minimum absolute atomic E-state index is 0.498. The second-order valence-electron chi connectivity index (χ2n) is 5.28. The highest BCUT2D eigenvalue weighted by Crippen LogP contribution is 2.21. The van der Waals surface area contributed by atoms with Gasteiger partial charge in [0.25, 0.3) is 0 Å². The van der Waals surface area contributed by atoms with E-state index >= 15 is 0 Å². The van der Waals surface area contributed by atoms with Crippen LogP contribution in [0.25, 0.3) is 0 Å². The van der Waals surface area contributed by atoms with E-state index < -0.39 is 0 Å². The summed E-state index contributed by atoms with van der Waals surface area (Å²) in [6.45, 7) is 5.53. The summed E-state index contributed by atoms with van der Waals surface area (Å²) in [5.74, 6) is 1.29. The van der Waals surface area contributed by atoms with Crippen LogP contribution in [0.3, 0.4) is 0 Å². The van der Waals surface area contributed by atoms with Crippen LogP contribution < -0.4 is 16.0 Å². The Morgan fingerprint density at radius 1 is 1.29 bits per heavy atom. The third kappa shape index (κ3) is 4.71. The highest BCUT2D eigenvalue weighted by molar-refractivity contribution is 5.60. The molecule has 24 heavy (non-hydrogen) atoms. The molecule has 0 aliphatic heterocycles. The largest absolute Gasteiger partial charge is 0.401 e. The number of hydrogen-bond acceptors (Lipinski definition) is 5. The van der Waals surface area contributed by atoms with Gasteiger partial charge in [0.05, 0.1) is 5.70 Å². The summed E-state index contributed by atoms with van der Waals surface area (Å²) in [7, 11) is 1.97. The highest BCUT2D eigenvalue weighted by atomic mass is 15.2. The Balaban J connectivity index is 2.21. The van der Waals surface area contributed by atoms with Gasteiger partial charge in [0.2, 0.25) is 5.95 Å². The smallest absolute Gasteiger partial charge is 0.229 e. The lowest BCUT2D eigenvalue weighted by Gasteiger charge is -2.18. The van der Waals surface area contributed by atoms with E-state index in [2.05, 4.69) is 21.9 Å². The van der Waals surface area contributed by atoms with E-state index in [1.54, 1.807) is 6.20 Å². The fraction of sp³-hybridized carbons (Fsp3) is 0.158. The lowest BCUT2D eigenvalue weighted by Crippen LogP contribution is -2.13. The molecule has 0 saturated carbocycles. The van der Waals surface area contributed by atoms with Crippen LogP contribution in [0.1, 0.15) is 13.3 Å². The van der Waals surface area contributed by atoms with Crippen molar-refractivity contribution in [2.45, 2.75) is 13.3 Å². The molecule has 1 aromatic heterocycles. The Morgan fingerprint density at radius 2 is 2.04 bits per heavy atom. The monoisotopic (exact) mass is 321 g/mol. The van der Waals surface area contributed by atoms with E-state index in [1.807, 2.05) is 73.5 Å². The third-order valence-electron chi connectivity index (χ3n) is 3.39. The lowest BCUT2D eigenvalue weighted by atomic mass is 10.3. The van der Waals surface area contributed by atoms with Gasteiger partial charge >= 0.3 is 0 Å². The predicted molar refractivity (Wildman–Crippen MR) is 101 cm³/mol. The number of hydrogen-bond donors (Lipinski definition) is 2. The molecule has 3 N–H and O–H groups in total. The predicted octanol–water partition coefficient (Wildman–Crippen LogP) is 3.98. The Morgan fingerprint density at radius 3 is 2.71 bits per heavy atom. The fourth-order valence-corrected chi connectivity index (χ4v) is 2.05. The molecule has 124 valence electrons. The van der Waals surface area contributed by atoms with Crippen molar-refractivity contribution in [1.82, 2.24) is 9.97 Å². The van der Waals surface area contributed by atoms with E-state index in [4.69, 9.17) is 5.73 Å². The van der Waals surface area contributed by atoms with Gasteiger partial charge in [0, 0.05) is 24.6 Å². The van der Waals surface area contributed by atoms with Gasteiger partial charge in [-0.25, -0.2) is 4.98 Å². The van der Waals surface area contributed by atoms with Crippen molar-refractivity contribution < 1.29 is 0 Å². The normalized spacial score (nSPS) is 11.9. The summed E-state index contributed by atoms with van der Waals surface area (Å²) in [5, 5.41) is 3.17. The first kappa shape index (κ1) is 17.3. The summed E-state index contributed by atoms with van der Waals surface area (Å²) >= 11 is 0. The molecule has 2 rings (SSSR count). The topological polar surface area (TPSA) is 67.1 Å². The molecule has 0 atom stereocenters. The second-order valence-corrected chi connectivity index (χ2v) is 5.28. The molecule has 0 aliphatic rings. The standard InChI is InChI=1S/C19H23N5/c1-4-5-7-12-17(15(2)20)22-19-21-14-13-18(23-19)24(3)16-10-8-6-9-11-16/h4,6-14H,1,5,20H2,2-3H3,(H,21,22,23)/b12-7-,17-15-. The Hall–Kier alpha value is -3.08. The number of anilines is 3. The van der Waals surface area contributed by atoms with Gasteiger partial charge in [-0.15, -0.1) is 6.58 Å². The molecule has 5 nitrogen and oxygen atoms in total. The number of nitrogens with one attached hydrogen (secondary N) is 1. The van der Waals surface area contributed by atoms with Crippen LogP contribution in [0.2, 0.25) is 0 Å². The van der Waals surface area contributed by atoms with E-state index in [-0.39, 0.29) is 0 Å². The second kappa shape index (κ2) is 8.53. The molecular formula is C19H23N5. The minimum atomic E-state index is 0.498. The van der Waals surface area contributed by atoms with Crippen molar-refractivity contribution in [3.63, 3.8) is 0 Å². The van der Waals surface area contributed by atoms with Crippen molar-refractivity contribution in [3.8, 4) is 0 Å². The zero-order valence-corrected chi connectivity index (χ0v) is 14.1. The Kier molecular flexibility index (Phi) is 6.14. The number of aromatic nitrogens is 2. The molecule has 0 amide bonds. The first-order valence-electron chi connectivity index (χ1n) is 7.74. The van der Waals surface area contributed by atoms with E-state index in [0.717, 1.165) is 23.6 Å². The van der Waals surface area contributed by atoms with Gasteiger partial charge in [-0.05, 0) is 37.6 Å². The van der Waals surface area contributed by atoms with Gasteiger partial charge in [-0.3, -0.25) is 0 Å². The molecule has 0 radical (unpaired) electrons. The van der Waals surface area contributed by atoms with Gasteiger partial charge < -0.3 is 16.0 Å². The molecule has 0 unspecified atom stereocenters. The molecule has 0 fully saturated rings. The van der Waals surface area contributed by atoms with Crippen LogP contribution in [0, 0.1) is 0 Å². The molecule has 1 aromatic carbocycles. The molecule has 0 saturated heterocycles. The number of benzene rings is 1. The number of nitrogens with two attached hydrogens (primary N) is 1. The van der Waals surface area contributed by atoms with E-state index in [0.29, 0.717) is 11.6 Å². The van der Waals surface area contributed by atoms with Crippen LogP contribution >= 0.6 is 0 Å². The van der Waals surface area contributed by atoms with Crippen LogP contribution in [0.15, 0.2) is 78.8 Å². The molecule has 1 heterocycles. The summed E-state index contributed by atoms with van der Waals surface area (Å²) in [6.07, 6.45) is 8.21. The summed E-state index contributed by atoms with van der Waals surface area (Å²) in [6, 6.07) is 11.9. The first-order valence-corrected chi connectivity index (χ1v) is 7.74. The zero-order valence-electron chi connectivity index (χ0n) is 14.1. The quantitative estimate of drug-likeness (QED) is 0.596. The van der Waals surface area contributed by atoms with Crippen LogP contribution in [-0.4, -0.2) is 17.0 Å². The molecule has 0 spiro atoms. The Bertz CT molecular complexity index is 730. The average molecular weight is 321 g/mol. The minimum Gasteiger partial charge on any atom is -0.401 e. The highest BCUT2D eigenvalue weighted by Gasteiger charge is 2.07. The van der Waals surface area contributed by atoms with Gasteiger partial charge in [-0.2, -0.15) is 4.98 Å². The van der Waals surface area contributed by atoms with Crippen molar-refractivity contribution in [2.75, 3.05) is 17.3 Å². The van der Waals surface area contributed by atoms with E-state index in [9.17, 15) is 0 Å². The van der Waals surface area contributed by atoms with Crippen LogP contribution in [0.5, 0.6) is 0 Å². The maximum absolute atomic E-state index is 5.93. The van der Waals surface area contributed by atoms with E-state index in [1.165, 1.54) is 0 Å². The average Bonchev–Trinajstić information content (AvgIpc) is 2.61. The van der Waals surface area contributed by atoms with Crippen molar-refractivity contribution in [3.05, 3.63) is 78.8 Å². The molecule has 0 aliphatic carbocycles. The summed E-state index contributed by atoms with van der Waals surface area (Å²) in [4.78, 5) is 10.8. The first-order chi connectivity index (χ1) is 11.6. The molecule has 0 bridgehead atoms. The number of nitrogens with zero attached hydrogens (tertiary/aromatic N) is 3. The summed E-state index contributed by atoms with van der Waals surface area (Å²) in [5.41, 5.74) is 8.43. The number of allylic oxidation sites excluding steroid dienone is 4. The molecule has 5 heteroatoms. The maximum Gasteiger partial charge on any atom is 0.229 e. The van der Waals surface area contributed by atoms with Gasteiger partial charge in [0.1, 0.15) is 5.82 Å². The van der Waals surface area contributed by atoms with Crippen molar-refractivity contribution in [2.24, 2.45) is 5.73 Å². The lowest BCUT2D eigenvalue weighted by molar-refractivity contribution is 1.07. The molecular weight excluding hydrogens is 298 g/mol. The number of para-hydroxylation sites is 1. The van der Waals surface area contributed by atoms with Crippen LogP contribution in [0.4, 0.5) is 17.5 Å².